The van der Waals surface area contributed by atoms with Gasteiger partial charge in [-0.2, -0.15) is 0 Å². The van der Waals surface area contributed by atoms with Gasteiger partial charge >= 0.3 is 5.97 Å². The second kappa shape index (κ2) is 6.41. The molecule has 1 aromatic heterocycles. The van der Waals surface area contributed by atoms with E-state index in [-0.39, 0.29) is 11.8 Å². The van der Waals surface area contributed by atoms with E-state index in [1.165, 1.54) is 7.11 Å². The molecule has 0 spiro atoms. The molecule has 1 N–H and O–H groups in total. The number of hydrogen-bond acceptors (Lipinski definition) is 5. The van der Waals surface area contributed by atoms with Gasteiger partial charge in [-0.25, -0.2) is 4.79 Å². The van der Waals surface area contributed by atoms with Crippen molar-refractivity contribution in [2.45, 2.75) is 26.8 Å². The zero-order valence-electron chi connectivity index (χ0n) is 13.0. The highest BCUT2D eigenvalue weighted by Crippen LogP contribution is 2.21. The highest BCUT2D eigenvalue weighted by Gasteiger charge is 2.29. The number of nitrogens with one attached hydrogen (secondary N) is 1. The molecule has 2 rings (SSSR count). The Morgan fingerprint density at radius 1 is 1.29 bits per heavy atom. The van der Waals surface area contributed by atoms with E-state index in [2.05, 4.69) is 9.88 Å². The van der Waals surface area contributed by atoms with Crippen LogP contribution in [0.5, 0.6) is 0 Å². The molecule has 6 heteroatoms. The molecule has 116 valence electrons. The first-order valence-electron chi connectivity index (χ1n) is 7.10. The molecule has 2 heterocycles. The molecular formula is C15H22N2O4. The van der Waals surface area contributed by atoms with Crippen LogP contribution in [0, 0.1) is 13.8 Å². The predicted molar refractivity (Wildman–Crippen MR) is 77.8 cm³/mol. The molecule has 21 heavy (non-hydrogen) atoms. The van der Waals surface area contributed by atoms with E-state index in [0.717, 1.165) is 13.1 Å². The minimum atomic E-state index is -0.417. The maximum absolute atomic E-state index is 12.7. The zero-order valence-corrected chi connectivity index (χ0v) is 13.0. The average molecular weight is 294 g/mol. The summed E-state index contributed by atoms with van der Waals surface area (Å²) in [6.07, 6.45) is 0. The summed E-state index contributed by atoms with van der Waals surface area (Å²) in [6.45, 7) is 8.22. The molecule has 1 unspecified atom stereocenters. The largest absolute Gasteiger partial charge is 0.465 e. The van der Waals surface area contributed by atoms with Gasteiger partial charge in [-0.05, 0) is 26.3 Å². The molecule has 1 saturated heterocycles. The molecule has 1 aliphatic heterocycles. The number of ketones is 1. The average Bonchev–Trinajstić information content (AvgIpc) is 2.80. The summed E-state index contributed by atoms with van der Waals surface area (Å²) < 4.78 is 10.1. The van der Waals surface area contributed by atoms with Crippen LogP contribution in [-0.4, -0.2) is 61.1 Å². The molecule has 6 nitrogen and oxygen atoms in total. The van der Waals surface area contributed by atoms with E-state index < -0.39 is 5.97 Å². The lowest BCUT2D eigenvalue weighted by Crippen LogP contribution is -2.46. The molecule has 0 saturated carbocycles. The van der Waals surface area contributed by atoms with Crippen LogP contribution in [0.1, 0.15) is 39.0 Å². The monoisotopic (exact) mass is 294 g/mol. The van der Waals surface area contributed by atoms with E-state index in [9.17, 15) is 9.59 Å². The van der Waals surface area contributed by atoms with Gasteiger partial charge in [0.05, 0.1) is 37.6 Å². The molecule has 0 radical (unpaired) electrons. The van der Waals surface area contributed by atoms with Crippen LogP contribution in [0.3, 0.4) is 0 Å². The van der Waals surface area contributed by atoms with Crippen LogP contribution in [0.4, 0.5) is 0 Å². The topological polar surface area (TPSA) is 71.6 Å². The number of morpholine rings is 1. The van der Waals surface area contributed by atoms with Gasteiger partial charge in [0.25, 0.3) is 0 Å². The van der Waals surface area contributed by atoms with Crippen LogP contribution < -0.4 is 0 Å². The maximum atomic E-state index is 12.7. The van der Waals surface area contributed by atoms with Crippen molar-refractivity contribution in [1.82, 2.24) is 9.88 Å². The molecule has 1 fully saturated rings. The molecule has 0 aromatic carbocycles. The third-order valence-electron chi connectivity index (χ3n) is 4.05. The van der Waals surface area contributed by atoms with Crippen LogP contribution in [0.2, 0.25) is 0 Å². The minimum Gasteiger partial charge on any atom is -0.465 e. The van der Waals surface area contributed by atoms with E-state index in [1.807, 2.05) is 6.92 Å². The SMILES string of the molecule is COC(=O)c1c(C)[nH]c(C(=O)C(C)N2CCOCC2)c1C. The van der Waals surface area contributed by atoms with E-state index in [1.54, 1.807) is 13.8 Å². The summed E-state index contributed by atoms with van der Waals surface area (Å²) >= 11 is 0. The summed E-state index contributed by atoms with van der Waals surface area (Å²) in [7, 11) is 1.34. The fourth-order valence-corrected chi connectivity index (χ4v) is 2.74. The normalized spacial score (nSPS) is 17.5. The van der Waals surface area contributed by atoms with Crippen molar-refractivity contribution in [2.75, 3.05) is 33.4 Å². The number of aryl methyl sites for hydroxylation is 1. The molecule has 1 atom stereocenters. The maximum Gasteiger partial charge on any atom is 0.339 e. The van der Waals surface area contributed by atoms with Gasteiger partial charge < -0.3 is 14.5 Å². The summed E-state index contributed by atoms with van der Waals surface area (Å²) in [6, 6.07) is -0.240. The van der Waals surface area contributed by atoms with Crippen LogP contribution in [0.15, 0.2) is 0 Å². The number of methoxy groups -OCH3 is 1. The van der Waals surface area contributed by atoms with Gasteiger partial charge in [-0.15, -0.1) is 0 Å². The van der Waals surface area contributed by atoms with Gasteiger partial charge in [0.15, 0.2) is 5.78 Å². The summed E-state index contributed by atoms with van der Waals surface area (Å²) in [5.74, 6) is -0.424. The predicted octanol–water partition coefficient (Wildman–Crippen LogP) is 1.32. The summed E-state index contributed by atoms with van der Waals surface area (Å²) in [5.41, 5.74) is 2.27. The molecule has 0 aliphatic carbocycles. The highest BCUT2D eigenvalue weighted by molar-refractivity contribution is 6.03. The Morgan fingerprint density at radius 3 is 2.48 bits per heavy atom. The second-order valence-electron chi connectivity index (χ2n) is 5.31. The van der Waals surface area contributed by atoms with Crippen molar-refractivity contribution in [3.63, 3.8) is 0 Å². The fourth-order valence-electron chi connectivity index (χ4n) is 2.74. The third kappa shape index (κ3) is 3.01. The number of carbonyl (C=O) groups excluding carboxylic acids is 2. The molecule has 1 aliphatic rings. The van der Waals surface area contributed by atoms with Gasteiger partial charge in [-0.3, -0.25) is 9.69 Å². The minimum absolute atomic E-state index is 0.00680. The Morgan fingerprint density at radius 2 is 1.90 bits per heavy atom. The van der Waals surface area contributed by atoms with Crippen molar-refractivity contribution in [2.24, 2.45) is 0 Å². The van der Waals surface area contributed by atoms with Crippen molar-refractivity contribution >= 4 is 11.8 Å². The molecular weight excluding hydrogens is 272 g/mol. The molecule has 1 aromatic rings. The van der Waals surface area contributed by atoms with Crippen molar-refractivity contribution in [1.29, 1.82) is 0 Å². The number of Topliss-reactive ketones (excluding diaryl/α,β-unsaturated/α-hetero) is 1. The number of H-pyrrole nitrogens is 1. The van der Waals surface area contributed by atoms with Gasteiger partial charge in [0.2, 0.25) is 0 Å². The fraction of sp³-hybridized carbons (Fsp3) is 0.600. The second-order valence-corrected chi connectivity index (χ2v) is 5.31. The summed E-state index contributed by atoms with van der Waals surface area (Å²) in [4.78, 5) is 29.6. The van der Waals surface area contributed by atoms with E-state index in [4.69, 9.17) is 9.47 Å². The van der Waals surface area contributed by atoms with Gasteiger partial charge in [-0.1, -0.05) is 0 Å². The quantitative estimate of drug-likeness (QED) is 0.670. The summed E-state index contributed by atoms with van der Waals surface area (Å²) in [5, 5.41) is 0. The third-order valence-corrected chi connectivity index (χ3v) is 4.05. The number of esters is 1. The Labute approximate surface area is 124 Å². The van der Waals surface area contributed by atoms with E-state index >= 15 is 0 Å². The lowest BCUT2D eigenvalue weighted by atomic mass is 10.0. The highest BCUT2D eigenvalue weighted by atomic mass is 16.5. The van der Waals surface area contributed by atoms with Crippen LogP contribution in [0.25, 0.3) is 0 Å². The molecule has 0 amide bonds. The number of carbonyl (C=O) groups is 2. The Balaban J connectivity index is 2.25. The Kier molecular flexibility index (Phi) is 4.80. The number of rotatable bonds is 4. The number of hydrogen-bond donors (Lipinski definition) is 1. The standard InChI is InChI=1S/C15H22N2O4/c1-9-12(15(19)20-4)10(2)16-13(9)14(18)11(3)17-5-7-21-8-6-17/h11,16H,5-8H2,1-4H3. The van der Waals surface area contributed by atoms with Crippen molar-refractivity contribution in [3.05, 3.63) is 22.5 Å². The lowest BCUT2D eigenvalue weighted by molar-refractivity contribution is 0.0207. The number of aromatic amines is 1. The zero-order chi connectivity index (χ0) is 15.6. The number of aromatic nitrogens is 1. The first kappa shape index (κ1) is 15.7. The number of nitrogens with zero attached hydrogens (tertiary/aromatic N) is 1. The molecule has 0 bridgehead atoms. The van der Waals surface area contributed by atoms with Gasteiger partial charge in [0, 0.05) is 18.8 Å². The van der Waals surface area contributed by atoms with Crippen molar-refractivity contribution in [3.8, 4) is 0 Å². The Hall–Kier alpha value is -1.66. The number of ether oxygens (including phenoxy) is 2. The first-order chi connectivity index (χ1) is 9.97. The van der Waals surface area contributed by atoms with E-state index in [0.29, 0.717) is 35.7 Å². The van der Waals surface area contributed by atoms with Crippen LogP contribution in [-0.2, 0) is 9.47 Å². The van der Waals surface area contributed by atoms with Crippen LogP contribution >= 0.6 is 0 Å². The van der Waals surface area contributed by atoms with Gasteiger partial charge in [0.1, 0.15) is 0 Å². The first-order valence-corrected chi connectivity index (χ1v) is 7.10. The smallest absolute Gasteiger partial charge is 0.339 e. The Bertz CT molecular complexity index is 544. The lowest BCUT2D eigenvalue weighted by Gasteiger charge is -2.31. The van der Waals surface area contributed by atoms with Crippen molar-refractivity contribution < 1.29 is 19.1 Å².